The van der Waals surface area contributed by atoms with Crippen molar-refractivity contribution in [2.24, 2.45) is 5.41 Å². The van der Waals surface area contributed by atoms with Gasteiger partial charge in [-0.1, -0.05) is 23.2 Å². The molecule has 2 saturated heterocycles. The predicted molar refractivity (Wildman–Crippen MR) is 136 cm³/mol. The molecule has 0 spiro atoms. The number of carbonyl (C=O) groups is 2. The van der Waals surface area contributed by atoms with E-state index >= 15 is 0 Å². The second kappa shape index (κ2) is 11.0. The maximum absolute atomic E-state index is 13.2. The van der Waals surface area contributed by atoms with Gasteiger partial charge in [-0.3, -0.25) is 9.59 Å². The number of rotatable bonds is 6. The van der Waals surface area contributed by atoms with Crippen molar-refractivity contribution in [2.45, 2.75) is 45.4 Å². The van der Waals surface area contributed by atoms with Gasteiger partial charge in [0.2, 0.25) is 5.91 Å². The lowest BCUT2D eigenvalue weighted by atomic mass is 9.75. The molecular formula is C27H32Cl2N2O3. The fourth-order valence-electron chi connectivity index (χ4n) is 4.85. The van der Waals surface area contributed by atoms with Gasteiger partial charge in [0.1, 0.15) is 5.75 Å². The lowest BCUT2D eigenvalue weighted by molar-refractivity contribution is -0.136. The quantitative estimate of drug-likeness (QED) is 0.486. The molecule has 0 radical (unpaired) electrons. The highest BCUT2D eigenvalue weighted by Gasteiger charge is 2.40. The molecule has 7 heteroatoms. The smallest absolute Gasteiger partial charge is 0.253 e. The number of benzene rings is 2. The minimum absolute atomic E-state index is 0.00173. The minimum atomic E-state index is -0.307. The van der Waals surface area contributed by atoms with Crippen molar-refractivity contribution in [2.75, 3.05) is 32.8 Å². The average Bonchev–Trinajstić information content (AvgIpc) is 2.86. The lowest BCUT2D eigenvalue weighted by Crippen LogP contribution is -2.48. The molecule has 182 valence electrons. The molecular weight excluding hydrogens is 471 g/mol. The number of nitrogens with zero attached hydrogens (tertiary/aromatic N) is 2. The van der Waals surface area contributed by atoms with Gasteiger partial charge < -0.3 is 14.5 Å². The van der Waals surface area contributed by atoms with E-state index in [1.807, 2.05) is 34.9 Å². The Morgan fingerprint density at radius 1 is 0.912 bits per heavy atom. The number of amides is 2. The first-order chi connectivity index (χ1) is 16.3. The summed E-state index contributed by atoms with van der Waals surface area (Å²) in [5, 5.41) is 1.32. The van der Waals surface area contributed by atoms with Gasteiger partial charge in [0.15, 0.2) is 0 Å². The highest BCUT2D eigenvalue weighted by Crippen LogP contribution is 2.37. The third-order valence-electron chi connectivity index (χ3n) is 7.11. The first-order valence-electron chi connectivity index (χ1n) is 12.1. The molecule has 2 aromatic rings. The van der Waals surface area contributed by atoms with E-state index in [-0.39, 0.29) is 17.2 Å². The van der Waals surface area contributed by atoms with Gasteiger partial charge in [-0.15, -0.1) is 0 Å². The van der Waals surface area contributed by atoms with Crippen LogP contribution in [0, 0.1) is 12.3 Å². The van der Waals surface area contributed by atoms with E-state index in [0.717, 1.165) is 50.1 Å². The molecule has 0 atom stereocenters. The molecule has 0 N–H and O–H groups in total. The van der Waals surface area contributed by atoms with Crippen molar-refractivity contribution in [1.82, 2.24) is 9.80 Å². The molecule has 2 amide bonds. The SMILES string of the molecule is Cc1cc(OCC2(CC(=O)N3CCCCC3)CCN(C(=O)c3ccc(Cl)cc3)CC2)ccc1Cl. The third-order valence-corrected chi connectivity index (χ3v) is 7.79. The molecule has 2 aliphatic rings. The van der Waals surface area contributed by atoms with Crippen LogP contribution in [-0.4, -0.2) is 54.4 Å². The van der Waals surface area contributed by atoms with Crippen LogP contribution in [0.5, 0.6) is 5.75 Å². The molecule has 0 aliphatic carbocycles. The molecule has 0 unspecified atom stereocenters. The van der Waals surface area contributed by atoms with Crippen molar-refractivity contribution in [1.29, 1.82) is 0 Å². The number of aryl methyl sites for hydroxylation is 1. The summed E-state index contributed by atoms with van der Waals surface area (Å²) in [6.07, 6.45) is 5.22. The summed E-state index contributed by atoms with van der Waals surface area (Å²) in [5.41, 5.74) is 1.29. The number of hydrogen-bond acceptors (Lipinski definition) is 3. The van der Waals surface area contributed by atoms with Crippen molar-refractivity contribution < 1.29 is 14.3 Å². The molecule has 2 heterocycles. The number of hydrogen-bond donors (Lipinski definition) is 0. The summed E-state index contributed by atoms with van der Waals surface area (Å²) < 4.78 is 6.22. The zero-order chi connectivity index (χ0) is 24.1. The highest BCUT2D eigenvalue weighted by molar-refractivity contribution is 6.31. The van der Waals surface area contributed by atoms with E-state index in [9.17, 15) is 9.59 Å². The summed E-state index contributed by atoms with van der Waals surface area (Å²) in [4.78, 5) is 30.1. The van der Waals surface area contributed by atoms with Crippen LogP contribution in [0.2, 0.25) is 10.0 Å². The maximum atomic E-state index is 13.2. The Kier molecular flexibility index (Phi) is 8.05. The van der Waals surface area contributed by atoms with Crippen molar-refractivity contribution in [3.8, 4) is 5.75 Å². The summed E-state index contributed by atoms with van der Waals surface area (Å²) >= 11 is 12.1. The van der Waals surface area contributed by atoms with Gasteiger partial charge in [-0.2, -0.15) is 0 Å². The fraction of sp³-hybridized carbons (Fsp3) is 0.481. The molecule has 5 nitrogen and oxygen atoms in total. The third kappa shape index (κ3) is 6.05. The Hall–Kier alpha value is -2.24. The van der Waals surface area contributed by atoms with E-state index in [1.54, 1.807) is 24.3 Å². The van der Waals surface area contributed by atoms with E-state index in [1.165, 1.54) is 6.42 Å². The van der Waals surface area contributed by atoms with Crippen LogP contribution in [0.1, 0.15) is 54.4 Å². The molecule has 0 saturated carbocycles. The van der Waals surface area contributed by atoms with Gasteiger partial charge in [-0.05, 0) is 87.1 Å². The number of ether oxygens (including phenoxy) is 1. The van der Waals surface area contributed by atoms with E-state index in [2.05, 4.69) is 0 Å². The Morgan fingerprint density at radius 2 is 1.59 bits per heavy atom. The van der Waals surface area contributed by atoms with Gasteiger partial charge in [0, 0.05) is 53.6 Å². The molecule has 34 heavy (non-hydrogen) atoms. The van der Waals surface area contributed by atoms with Crippen LogP contribution in [0.25, 0.3) is 0 Å². The van der Waals surface area contributed by atoms with E-state index in [0.29, 0.717) is 41.7 Å². The number of halogens is 2. The molecule has 0 bridgehead atoms. The van der Waals surface area contributed by atoms with Crippen LogP contribution >= 0.6 is 23.2 Å². The number of likely N-dealkylation sites (tertiary alicyclic amines) is 2. The fourth-order valence-corrected chi connectivity index (χ4v) is 5.09. The minimum Gasteiger partial charge on any atom is -0.493 e. The Bertz CT molecular complexity index is 1010. The van der Waals surface area contributed by atoms with Crippen molar-refractivity contribution in [3.05, 3.63) is 63.6 Å². The molecule has 2 fully saturated rings. The van der Waals surface area contributed by atoms with Crippen LogP contribution in [0.4, 0.5) is 0 Å². The zero-order valence-electron chi connectivity index (χ0n) is 19.7. The van der Waals surface area contributed by atoms with Crippen LogP contribution in [-0.2, 0) is 4.79 Å². The van der Waals surface area contributed by atoms with Crippen molar-refractivity contribution >= 4 is 35.0 Å². The van der Waals surface area contributed by atoms with Gasteiger partial charge in [0.25, 0.3) is 5.91 Å². The van der Waals surface area contributed by atoms with Crippen LogP contribution < -0.4 is 4.74 Å². The number of carbonyl (C=O) groups excluding carboxylic acids is 2. The normalized spacial score (nSPS) is 18.0. The van der Waals surface area contributed by atoms with Gasteiger partial charge >= 0.3 is 0 Å². The predicted octanol–water partition coefficient (Wildman–Crippen LogP) is 6.01. The van der Waals surface area contributed by atoms with Crippen LogP contribution in [0.15, 0.2) is 42.5 Å². The van der Waals surface area contributed by atoms with Gasteiger partial charge in [0.05, 0.1) is 6.61 Å². The Balaban J connectivity index is 1.46. The Morgan fingerprint density at radius 3 is 2.24 bits per heavy atom. The lowest BCUT2D eigenvalue weighted by Gasteiger charge is -2.42. The molecule has 4 rings (SSSR count). The second-order valence-corrected chi connectivity index (χ2v) is 10.5. The first kappa shape index (κ1) is 24.9. The standard InChI is InChI=1S/C27H32Cl2N2O3/c1-20-17-23(9-10-24(20)29)34-19-27(18-25(32)30-13-3-2-4-14-30)11-15-31(16-12-27)26(33)21-5-7-22(28)8-6-21/h5-10,17H,2-4,11-16,18-19H2,1H3. The summed E-state index contributed by atoms with van der Waals surface area (Å²) in [6.45, 7) is 5.26. The monoisotopic (exact) mass is 502 g/mol. The summed E-state index contributed by atoms with van der Waals surface area (Å²) in [6, 6.07) is 12.6. The molecule has 2 aliphatic heterocycles. The Labute approximate surface area is 212 Å². The number of piperidine rings is 2. The topological polar surface area (TPSA) is 49.9 Å². The second-order valence-electron chi connectivity index (χ2n) is 9.62. The zero-order valence-corrected chi connectivity index (χ0v) is 21.2. The van der Waals surface area contributed by atoms with E-state index < -0.39 is 0 Å². The highest BCUT2D eigenvalue weighted by atomic mass is 35.5. The molecule has 0 aromatic heterocycles. The summed E-state index contributed by atoms with van der Waals surface area (Å²) in [5.74, 6) is 0.960. The first-order valence-corrected chi connectivity index (χ1v) is 12.8. The van der Waals surface area contributed by atoms with Gasteiger partial charge in [-0.25, -0.2) is 0 Å². The summed E-state index contributed by atoms with van der Waals surface area (Å²) in [7, 11) is 0. The van der Waals surface area contributed by atoms with Crippen LogP contribution in [0.3, 0.4) is 0 Å². The molecule has 2 aromatic carbocycles. The van der Waals surface area contributed by atoms with E-state index in [4.69, 9.17) is 27.9 Å². The average molecular weight is 503 g/mol. The maximum Gasteiger partial charge on any atom is 0.253 e. The largest absolute Gasteiger partial charge is 0.493 e. The van der Waals surface area contributed by atoms with Crippen molar-refractivity contribution in [3.63, 3.8) is 0 Å².